The molecule has 8 nitrogen and oxygen atoms in total. The number of carbonyl (C=O) groups is 1. The lowest BCUT2D eigenvalue weighted by atomic mass is 9.96. The molecule has 1 saturated heterocycles. The van der Waals surface area contributed by atoms with Crippen LogP contribution in [0.15, 0.2) is 43.0 Å². The van der Waals surface area contributed by atoms with Gasteiger partial charge in [0.2, 0.25) is 11.8 Å². The first-order valence-corrected chi connectivity index (χ1v) is 9.61. The van der Waals surface area contributed by atoms with Gasteiger partial charge in [0.05, 0.1) is 18.9 Å². The Morgan fingerprint density at radius 1 is 1.21 bits per heavy atom. The highest BCUT2D eigenvalue weighted by atomic mass is 16.5. The van der Waals surface area contributed by atoms with Gasteiger partial charge in [0, 0.05) is 42.2 Å². The first kappa shape index (κ1) is 19.1. The quantitative estimate of drug-likeness (QED) is 0.732. The van der Waals surface area contributed by atoms with Crippen LogP contribution in [-0.2, 0) is 4.74 Å². The molecule has 1 aliphatic heterocycles. The Balaban J connectivity index is 1.78. The topological polar surface area (TPSA) is 93.4 Å². The monoisotopic (exact) mass is 393 g/mol. The molecule has 0 aliphatic carbocycles. The second kappa shape index (κ2) is 8.00. The Morgan fingerprint density at radius 2 is 2.00 bits per heavy atom. The summed E-state index contributed by atoms with van der Waals surface area (Å²) in [6, 6.07) is 7.35. The fourth-order valence-corrected chi connectivity index (χ4v) is 3.44. The van der Waals surface area contributed by atoms with Gasteiger partial charge in [-0.05, 0) is 18.1 Å². The highest BCUT2D eigenvalue weighted by molar-refractivity contribution is 5.95. The van der Waals surface area contributed by atoms with Gasteiger partial charge in [0.15, 0.2) is 0 Å². The Bertz CT molecular complexity index is 1010. The van der Waals surface area contributed by atoms with Crippen LogP contribution in [-0.4, -0.2) is 61.7 Å². The Labute approximate surface area is 168 Å². The molecule has 0 atom stereocenters. The molecule has 2 aromatic heterocycles. The Morgan fingerprint density at radius 3 is 2.69 bits per heavy atom. The summed E-state index contributed by atoms with van der Waals surface area (Å²) in [6.45, 7) is 6.22. The summed E-state index contributed by atoms with van der Waals surface area (Å²) in [5, 5.41) is 10.6. The maximum absolute atomic E-state index is 12.9. The van der Waals surface area contributed by atoms with Gasteiger partial charge in [-0.2, -0.15) is 4.98 Å². The van der Waals surface area contributed by atoms with Gasteiger partial charge in [0.25, 0.3) is 5.91 Å². The van der Waals surface area contributed by atoms with Crippen LogP contribution in [0.25, 0.3) is 17.2 Å². The summed E-state index contributed by atoms with van der Waals surface area (Å²) in [5.41, 5.74) is 2.59. The zero-order chi connectivity index (χ0) is 20.4. The fourth-order valence-electron chi connectivity index (χ4n) is 3.44. The van der Waals surface area contributed by atoms with Crippen LogP contribution in [0.3, 0.4) is 0 Å². The molecule has 0 unspecified atom stereocenters. The fraction of sp³-hybridized carbons (Fsp3) is 0.333. The van der Waals surface area contributed by atoms with Crippen molar-refractivity contribution >= 4 is 5.91 Å². The summed E-state index contributed by atoms with van der Waals surface area (Å²) in [4.78, 5) is 27.6. The molecule has 3 heterocycles. The van der Waals surface area contributed by atoms with Gasteiger partial charge in [-0.25, -0.2) is 9.97 Å². The predicted octanol–water partition coefficient (Wildman–Crippen LogP) is 2.63. The number of morpholine rings is 1. The molecule has 0 spiro atoms. The van der Waals surface area contributed by atoms with E-state index in [0.717, 1.165) is 5.56 Å². The van der Waals surface area contributed by atoms with E-state index in [1.807, 2.05) is 32.0 Å². The van der Waals surface area contributed by atoms with E-state index in [2.05, 4.69) is 15.0 Å². The second-order valence-corrected chi connectivity index (χ2v) is 7.22. The molecule has 150 valence electrons. The number of aromatic hydroxyl groups is 1. The number of carbonyl (C=O) groups excluding carboxylic acids is 1. The molecular weight excluding hydrogens is 370 g/mol. The third-order valence-electron chi connectivity index (χ3n) is 4.91. The lowest BCUT2D eigenvalue weighted by Gasteiger charge is -2.27. The van der Waals surface area contributed by atoms with Crippen LogP contribution in [0.1, 0.15) is 35.7 Å². The molecule has 8 heteroatoms. The van der Waals surface area contributed by atoms with Crippen LogP contribution in [0.5, 0.6) is 5.88 Å². The zero-order valence-electron chi connectivity index (χ0n) is 16.4. The average molecular weight is 393 g/mol. The number of imidazole rings is 1. The SMILES string of the molecule is CC(C)c1c(O)nc(-n2ccnc2)nc1-c1cccc(C(=O)N2CCOCC2)c1. The van der Waals surface area contributed by atoms with Gasteiger partial charge in [-0.15, -0.1) is 0 Å². The van der Waals surface area contributed by atoms with Crippen molar-refractivity contribution in [2.45, 2.75) is 19.8 Å². The molecule has 3 aromatic rings. The van der Waals surface area contributed by atoms with Crippen LogP contribution in [0.2, 0.25) is 0 Å². The standard InChI is InChI=1S/C21H23N5O3/c1-14(2)17-18(23-21(24-19(17)27)26-7-6-22-13-26)15-4-3-5-16(12-15)20(28)25-8-10-29-11-9-25/h3-7,12-14H,8-11H2,1-2H3,(H,23,24,27). The van der Waals surface area contributed by atoms with E-state index in [1.54, 1.807) is 34.3 Å². The number of hydrogen-bond acceptors (Lipinski definition) is 6. The van der Waals surface area contributed by atoms with E-state index >= 15 is 0 Å². The first-order chi connectivity index (χ1) is 14.0. The van der Waals surface area contributed by atoms with Crippen molar-refractivity contribution < 1.29 is 14.6 Å². The van der Waals surface area contributed by atoms with Crippen molar-refractivity contribution in [1.29, 1.82) is 0 Å². The van der Waals surface area contributed by atoms with E-state index in [-0.39, 0.29) is 17.7 Å². The number of amides is 1. The van der Waals surface area contributed by atoms with Crippen LogP contribution >= 0.6 is 0 Å². The van der Waals surface area contributed by atoms with E-state index < -0.39 is 0 Å². The molecule has 29 heavy (non-hydrogen) atoms. The molecule has 0 bridgehead atoms. The second-order valence-electron chi connectivity index (χ2n) is 7.22. The van der Waals surface area contributed by atoms with Gasteiger partial charge in [-0.1, -0.05) is 26.0 Å². The van der Waals surface area contributed by atoms with Crippen molar-refractivity contribution in [3.05, 3.63) is 54.1 Å². The largest absolute Gasteiger partial charge is 0.493 e. The number of benzene rings is 1. The summed E-state index contributed by atoms with van der Waals surface area (Å²) < 4.78 is 6.97. The molecule has 1 amide bonds. The van der Waals surface area contributed by atoms with Crippen LogP contribution < -0.4 is 0 Å². The third-order valence-corrected chi connectivity index (χ3v) is 4.91. The number of ether oxygens (including phenoxy) is 1. The Hall–Kier alpha value is -3.26. The maximum atomic E-state index is 12.9. The summed E-state index contributed by atoms with van der Waals surface area (Å²) in [5.74, 6) is 0.220. The summed E-state index contributed by atoms with van der Waals surface area (Å²) in [7, 11) is 0. The number of hydrogen-bond donors (Lipinski definition) is 1. The van der Waals surface area contributed by atoms with E-state index in [0.29, 0.717) is 49.1 Å². The summed E-state index contributed by atoms with van der Waals surface area (Å²) >= 11 is 0. The maximum Gasteiger partial charge on any atom is 0.254 e. The minimum Gasteiger partial charge on any atom is -0.493 e. The van der Waals surface area contributed by atoms with Crippen LogP contribution in [0.4, 0.5) is 0 Å². The molecular formula is C21H23N5O3. The normalized spacial score (nSPS) is 14.4. The first-order valence-electron chi connectivity index (χ1n) is 9.61. The minimum absolute atomic E-state index is 0.000406. The summed E-state index contributed by atoms with van der Waals surface area (Å²) in [6.07, 6.45) is 4.91. The Kier molecular flexibility index (Phi) is 5.26. The lowest BCUT2D eigenvalue weighted by Crippen LogP contribution is -2.40. The molecule has 1 fully saturated rings. The molecule has 1 aromatic carbocycles. The lowest BCUT2D eigenvalue weighted by molar-refractivity contribution is 0.0303. The third kappa shape index (κ3) is 3.84. The van der Waals surface area contributed by atoms with Crippen LogP contribution in [0, 0.1) is 0 Å². The molecule has 0 saturated carbocycles. The minimum atomic E-state index is -0.0707. The molecule has 1 N–H and O–H groups in total. The van der Waals surface area contributed by atoms with E-state index in [9.17, 15) is 9.90 Å². The highest BCUT2D eigenvalue weighted by Gasteiger charge is 2.22. The zero-order valence-corrected chi connectivity index (χ0v) is 16.4. The average Bonchev–Trinajstić information content (AvgIpc) is 3.28. The van der Waals surface area contributed by atoms with Crippen molar-refractivity contribution in [3.63, 3.8) is 0 Å². The van der Waals surface area contributed by atoms with Gasteiger partial charge >= 0.3 is 0 Å². The number of aromatic nitrogens is 4. The number of nitrogens with zero attached hydrogens (tertiary/aromatic N) is 5. The van der Waals surface area contributed by atoms with E-state index in [4.69, 9.17) is 4.74 Å². The smallest absolute Gasteiger partial charge is 0.254 e. The van der Waals surface area contributed by atoms with Crippen molar-refractivity contribution in [2.24, 2.45) is 0 Å². The molecule has 0 radical (unpaired) electrons. The van der Waals surface area contributed by atoms with Gasteiger partial charge in [0.1, 0.15) is 6.33 Å². The van der Waals surface area contributed by atoms with Crippen molar-refractivity contribution in [1.82, 2.24) is 24.4 Å². The van der Waals surface area contributed by atoms with Crippen molar-refractivity contribution in [2.75, 3.05) is 26.3 Å². The number of rotatable bonds is 4. The predicted molar refractivity (Wildman–Crippen MR) is 107 cm³/mol. The van der Waals surface area contributed by atoms with Crippen molar-refractivity contribution in [3.8, 4) is 23.1 Å². The highest BCUT2D eigenvalue weighted by Crippen LogP contribution is 2.34. The molecule has 4 rings (SSSR count). The van der Waals surface area contributed by atoms with E-state index in [1.165, 1.54) is 0 Å². The molecule has 1 aliphatic rings. The van der Waals surface area contributed by atoms with Gasteiger partial charge in [-0.3, -0.25) is 9.36 Å². The van der Waals surface area contributed by atoms with Gasteiger partial charge < -0.3 is 14.7 Å².